The largest absolute Gasteiger partial charge is 0.508 e. The van der Waals surface area contributed by atoms with E-state index in [1.54, 1.807) is 29.2 Å². The Morgan fingerprint density at radius 1 is 0.967 bits per heavy atom. The second-order valence-electron chi connectivity index (χ2n) is 7.31. The first-order valence-electron chi connectivity index (χ1n) is 9.72. The van der Waals surface area contributed by atoms with Crippen molar-refractivity contribution >= 4 is 16.8 Å². The lowest BCUT2D eigenvalue weighted by atomic mass is 9.98. The Balaban J connectivity index is 1.58. The molecule has 148 valence electrons. The van der Waals surface area contributed by atoms with Gasteiger partial charge in [0.15, 0.2) is 5.82 Å². The van der Waals surface area contributed by atoms with Gasteiger partial charge in [0.05, 0.1) is 5.52 Å². The monoisotopic (exact) mass is 399 g/mol. The van der Waals surface area contributed by atoms with Gasteiger partial charge in [-0.25, -0.2) is 14.4 Å². The highest BCUT2D eigenvalue weighted by atomic mass is 19.1. The van der Waals surface area contributed by atoms with Gasteiger partial charge in [0, 0.05) is 29.6 Å². The maximum Gasteiger partial charge on any atom is 0.273 e. The number of halogens is 1. The second-order valence-corrected chi connectivity index (χ2v) is 7.31. The second kappa shape index (κ2) is 7.22. The molecule has 3 aromatic carbocycles. The minimum absolute atomic E-state index is 0.189. The number of carbonyl (C=O) groups is 1. The number of carbonyl (C=O) groups excluding carboxylic acids is 1. The number of hydrogen-bond donors (Lipinski definition) is 1. The number of benzene rings is 3. The number of aromatic hydroxyl groups is 1. The molecule has 0 saturated carbocycles. The number of nitrogens with zero attached hydrogens (tertiary/aromatic N) is 3. The van der Waals surface area contributed by atoms with Crippen LogP contribution in [0.3, 0.4) is 0 Å². The van der Waals surface area contributed by atoms with Gasteiger partial charge in [-0.05, 0) is 48.4 Å². The number of amides is 1. The Hall–Kier alpha value is -3.80. The van der Waals surface area contributed by atoms with Gasteiger partial charge in [-0.2, -0.15) is 0 Å². The van der Waals surface area contributed by atoms with Crippen molar-refractivity contribution in [2.75, 3.05) is 6.54 Å². The van der Waals surface area contributed by atoms with E-state index in [4.69, 9.17) is 0 Å². The summed E-state index contributed by atoms with van der Waals surface area (Å²) in [6.07, 6.45) is 0.585. The number of aromatic nitrogens is 2. The van der Waals surface area contributed by atoms with E-state index in [2.05, 4.69) is 9.97 Å². The number of hydrogen-bond acceptors (Lipinski definition) is 4. The van der Waals surface area contributed by atoms with Gasteiger partial charge >= 0.3 is 0 Å². The summed E-state index contributed by atoms with van der Waals surface area (Å²) in [6, 6.07) is 18.7. The molecule has 5 nitrogen and oxygen atoms in total. The van der Waals surface area contributed by atoms with Crippen molar-refractivity contribution < 1.29 is 14.3 Å². The summed E-state index contributed by atoms with van der Waals surface area (Å²) in [5.41, 5.74) is 3.45. The molecule has 0 spiro atoms. The summed E-state index contributed by atoms with van der Waals surface area (Å²) in [7, 11) is 0. The molecule has 1 aromatic heterocycles. The first-order chi connectivity index (χ1) is 14.6. The molecule has 0 bridgehead atoms. The van der Waals surface area contributed by atoms with Crippen LogP contribution in [0.4, 0.5) is 4.39 Å². The summed E-state index contributed by atoms with van der Waals surface area (Å²) in [6.45, 7) is 0.903. The van der Waals surface area contributed by atoms with Crippen molar-refractivity contribution in [3.63, 3.8) is 0 Å². The van der Waals surface area contributed by atoms with Crippen LogP contribution in [0.25, 0.3) is 22.3 Å². The van der Waals surface area contributed by atoms with Crippen LogP contribution in [-0.4, -0.2) is 32.4 Å². The number of phenols is 1. The topological polar surface area (TPSA) is 66.3 Å². The van der Waals surface area contributed by atoms with Gasteiger partial charge < -0.3 is 10.0 Å². The Kier molecular flexibility index (Phi) is 4.39. The predicted octanol–water partition coefficient (Wildman–Crippen LogP) is 4.34. The number of fused-ring (bicyclic) bond motifs is 2. The molecule has 5 rings (SSSR count). The van der Waals surface area contributed by atoms with Crippen molar-refractivity contribution in [1.82, 2.24) is 14.9 Å². The van der Waals surface area contributed by atoms with Crippen LogP contribution in [0.2, 0.25) is 0 Å². The van der Waals surface area contributed by atoms with Crippen LogP contribution >= 0.6 is 0 Å². The lowest BCUT2D eigenvalue weighted by Crippen LogP contribution is -2.36. The zero-order chi connectivity index (χ0) is 20.7. The summed E-state index contributed by atoms with van der Waals surface area (Å²) in [5.74, 6) is 0.120. The number of rotatable bonds is 2. The Bertz CT molecular complexity index is 1270. The van der Waals surface area contributed by atoms with E-state index >= 15 is 0 Å². The quantitative estimate of drug-likeness (QED) is 0.545. The normalized spacial score (nSPS) is 13.3. The Labute approximate surface area is 172 Å². The van der Waals surface area contributed by atoms with Crippen LogP contribution < -0.4 is 0 Å². The Morgan fingerprint density at radius 2 is 1.77 bits per heavy atom. The molecule has 6 heteroatoms. The van der Waals surface area contributed by atoms with Gasteiger partial charge in [0.25, 0.3) is 5.91 Å². The van der Waals surface area contributed by atoms with E-state index in [1.165, 1.54) is 12.1 Å². The SMILES string of the molecule is O=C(c1nc(-c2ccc(F)cc2)nc2ccccc12)N1CCc2c(O)cccc2C1. The number of phenolic OH excluding ortho intramolecular Hbond substituents is 1. The van der Waals surface area contributed by atoms with Crippen LogP contribution in [0.1, 0.15) is 21.6 Å². The zero-order valence-corrected chi connectivity index (χ0v) is 16.0. The molecule has 4 aromatic rings. The standard InChI is InChI=1S/C24H18FN3O2/c25-17-10-8-15(9-11-17)23-26-20-6-2-1-5-19(20)22(27-23)24(30)28-13-12-18-16(14-28)4-3-7-21(18)29/h1-11,29H,12-14H2. The van der Waals surface area contributed by atoms with E-state index in [-0.39, 0.29) is 17.5 Å². The van der Waals surface area contributed by atoms with E-state index in [0.717, 1.165) is 11.1 Å². The van der Waals surface area contributed by atoms with Crippen molar-refractivity contribution in [1.29, 1.82) is 0 Å². The fraction of sp³-hybridized carbons (Fsp3) is 0.125. The molecule has 0 atom stereocenters. The zero-order valence-electron chi connectivity index (χ0n) is 16.0. The molecule has 1 aliphatic rings. The van der Waals surface area contributed by atoms with Gasteiger partial charge in [0.2, 0.25) is 0 Å². The van der Waals surface area contributed by atoms with Gasteiger partial charge in [-0.15, -0.1) is 0 Å². The molecule has 0 radical (unpaired) electrons. The average Bonchev–Trinajstić information content (AvgIpc) is 2.78. The van der Waals surface area contributed by atoms with Crippen molar-refractivity contribution in [3.05, 3.63) is 89.4 Å². The molecule has 2 heterocycles. The van der Waals surface area contributed by atoms with Crippen LogP contribution in [0, 0.1) is 5.82 Å². The molecular weight excluding hydrogens is 381 g/mol. The molecule has 0 fully saturated rings. The highest BCUT2D eigenvalue weighted by Crippen LogP contribution is 2.29. The molecule has 0 aliphatic carbocycles. The van der Waals surface area contributed by atoms with E-state index in [1.807, 2.05) is 30.3 Å². The minimum atomic E-state index is -0.342. The maximum absolute atomic E-state index is 13.5. The van der Waals surface area contributed by atoms with Gasteiger partial charge in [0.1, 0.15) is 17.3 Å². The average molecular weight is 399 g/mol. The van der Waals surface area contributed by atoms with Crippen molar-refractivity contribution in [2.45, 2.75) is 13.0 Å². The summed E-state index contributed by atoms with van der Waals surface area (Å²) in [5, 5.41) is 10.7. The lowest BCUT2D eigenvalue weighted by Gasteiger charge is -2.29. The molecule has 1 aliphatic heterocycles. The molecule has 0 saturated heterocycles. The van der Waals surface area contributed by atoms with Crippen LogP contribution in [0.5, 0.6) is 5.75 Å². The molecule has 0 unspecified atom stereocenters. The summed E-state index contributed by atoms with van der Waals surface area (Å²) < 4.78 is 13.3. The molecule has 1 N–H and O–H groups in total. The summed E-state index contributed by atoms with van der Waals surface area (Å²) >= 11 is 0. The highest BCUT2D eigenvalue weighted by molar-refractivity contribution is 6.05. The third kappa shape index (κ3) is 3.16. The van der Waals surface area contributed by atoms with Crippen LogP contribution in [-0.2, 0) is 13.0 Å². The van der Waals surface area contributed by atoms with E-state index in [9.17, 15) is 14.3 Å². The summed E-state index contributed by atoms with van der Waals surface area (Å²) in [4.78, 5) is 24.3. The first kappa shape index (κ1) is 18.2. The van der Waals surface area contributed by atoms with Gasteiger partial charge in [-0.1, -0.05) is 30.3 Å². The van der Waals surface area contributed by atoms with E-state index in [0.29, 0.717) is 47.5 Å². The Morgan fingerprint density at radius 3 is 2.60 bits per heavy atom. The predicted molar refractivity (Wildman–Crippen MR) is 111 cm³/mol. The molecule has 30 heavy (non-hydrogen) atoms. The molecule has 1 amide bonds. The highest BCUT2D eigenvalue weighted by Gasteiger charge is 2.26. The van der Waals surface area contributed by atoms with Gasteiger partial charge in [-0.3, -0.25) is 4.79 Å². The fourth-order valence-electron chi connectivity index (χ4n) is 3.88. The van der Waals surface area contributed by atoms with Crippen molar-refractivity contribution in [2.24, 2.45) is 0 Å². The van der Waals surface area contributed by atoms with Crippen LogP contribution in [0.15, 0.2) is 66.7 Å². The fourth-order valence-corrected chi connectivity index (χ4v) is 3.88. The lowest BCUT2D eigenvalue weighted by molar-refractivity contribution is 0.0730. The third-order valence-electron chi connectivity index (χ3n) is 5.44. The third-order valence-corrected chi connectivity index (χ3v) is 5.44. The maximum atomic E-state index is 13.5. The molecular formula is C24H18FN3O2. The van der Waals surface area contributed by atoms with E-state index < -0.39 is 0 Å². The van der Waals surface area contributed by atoms with Crippen molar-refractivity contribution in [3.8, 4) is 17.1 Å². The first-order valence-corrected chi connectivity index (χ1v) is 9.72. The smallest absolute Gasteiger partial charge is 0.273 e. The minimum Gasteiger partial charge on any atom is -0.508 e. The number of para-hydroxylation sites is 1.